The molecule has 3 heterocycles. The number of carbonyl (C=O) groups excluding carboxylic acids is 1. The molecule has 0 spiro atoms. The number of para-hydroxylation sites is 1. The molecule has 180 valence electrons. The van der Waals surface area contributed by atoms with Gasteiger partial charge in [0.1, 0.15) is 11.6 Å². The second kappa shape index (κ2) is 9.69. The van der Waals surface area contributed by atoms with Crippen molar-refractivity contribution in [1.82, 2.24) is 24.1 Å². The largest absolute Gasteiger partial charge is 0.368 e. The van der Waals surface area contributed by atoms with E-state index in [1.807, 2.05) is 30.0 Å². The molecule has 0 aliphatic carbocycles. The van der Waals surface area contributed by atoms with Crippen molar-refractivity contribution in [2.45, 2.75) is 19.8 Å². The fourth-order valence-electron chi connectivity index (χ4n) is 4.57. The number of amides is 1. The van der Waals surface area contributed by atoms with E-state index in [4.69, 9.17) is 0 Å². The number of halogens is 1. The SMILES string of the molecule is C[C@H](CC(=O)N1CCN(c2ccccc2)CC1)Cc1nnc2c(=O)n(-c3cccc(F)c3)ccn12. The van der Waals surface area contributed by atoms with Crippen LogP contribution < -0.4 is 10.5 Å². The van der Waals surface area contributed by atoms with E-state index in [0.29, 0.717) is 37.4 Å². The van der Waals surface area contributed by atoms with Crippen LogP contribution in [-0.4, -0.2) is 56.2 Å². The third-order valence-electron chi connectivity index (χ3n) is 6.44. The lowest BCUT2D eigenvalue weighted by molar-refractivity contribution is -0.132. The van der Waals surface area contributed by atoms with E-state index in [1.54, 1.807) is 28.9 Å². The Hall–Kier alpha value is -4.01. The van der Waals surface area contributed by atoms with Gasteiger partial charge in [0.05, 0.1) is 5.69 Å². The predicted octanol–water partition coefficient (Wildman–Crippen LogP) is 2.94. The molecule has 0 unspecified atom stereocenters. The standard InChI is InChI=1S/C26H27FN6O2/c1-19(17-24(34)31-12-10-30(11-13-31)21-7-3-2-4-8-21)16-23-28-29-25-26(35)32(14-15-33(23)25)22-9-5-6-20(27)18-22/h2-9,14-15,18-19H,10-13,16-17H2,1H3/t19-/m0/s1. The highest BCUT2D eigenvalue weighted by atomic mass is 19.1. The van der Waals surface area contributed by atoms with Gasteiger partial charge in [-0.05, 0) is 36.2 Å². The topological polar surface area (TPSA) is 75.7 Å². The summed E-state index contributed by atoms with van der Waals surface area (Å²) in [5.41, 5.74) is 1.40. The minimum absolute atomic E-state index is 0.0349. The zero-order valence-corrected chi connectivity index (χ0v) is 19.5. The Morgan fingerprint density at radius 2 is 1.71 bits per heavy atom. The first-order valence-electron chi connectivity index (χ1n) is 11.8. The molecular weight excluding hydrogens is 447 g/mol. The number of piperazine rings is 1. The van der Waals surface area contributed by atoms with Gasteiger partial charge in [-0.2, -0.15) is 0 Å². The zero-order valence-electron chi connectivity index (χ0n) is 19.5. The Labute approximate surface area is 202 Å². The summed E-state index contributed by atoms with van der Waals surface area (Å²) in [6, 6.07) is 16.1. The Bertz CT molecular complexity index is 1390. The van der Waals surface area contributed by atoms with E-state index in [2.05, 4.69) is 27.2 Å². The van der Waals surface area contributed by atoms with Crippen LogP contribution in [0.25, 0.3) is 11.3 Å². The van der Waals surface area contributed by atoms with Crippen molar-refractivity contribution in [2.75, 3.05) is 31.1 Å². The Morgan fingerprint density at radius 1 is 0.971 bits per heavy atom. The summed E-state index contributed by atoms with van der Waals surface area (Å²) in [6.07, 6.45) is 4.20. The normalized spacial score (nSPS) is 14.9. The van der Waals surface area contributed by atoms with E-state index in [-0.39, 0.29) is 23.0 Å². The third kappa shape index (κ3) is 4.80. The van der Waals surface area contributed by atoms with E-state index in [9.17, 15) is 14.0 Å². The first-order chi connectivity index (χ1) is 17.0. The van der Waals surface area contributed by atoms with Crippen LogP contribution in [0.5, 0.6) is 0 Å². The highest BCUT2D eigenvalue weighted by Crippen LogP contribution is 2.18. The van der Waals surface area contributed by atoms with Crippen molar-refractivity contribution in [3.8, 4) is 5.69 Å². The Kier molecular flexibility index (Phi) is 6.31. The predicted molar refractivity (Wildman–Crippen MR) is 131 cm³/mol. The molecule has 2 aromatic carbocycles. The minimum atomic E-state index is -0.420. The van der Waals surface area contributed by atoms with Crippen LogP contribution in [-0.2, 0) is 11.2 Å². The molecule has 1 atom stereocenters. The number of aromatic nitrogens is 4. The number of nitrogens with zero attached hydrogens (tertiary/aromatic N) is 6. The number of rotatable bonds is 6. The van der Waals surface area contributed by atoms with Crippen molar-refractivity contribution < 1.29 is 9.18 Å². The number of fused-ring (bicyclic) bond motifs is 1. The molecule has 1 aliphatic heterocycles. The molecule has 1 aliphatic rings. The van der Waals surface area contributed by atoms with E-state index in [1.165, 1.54) is 22.4 Å². The molecular formula is C26H27FN6O2. The molecule has 8 nitrogen and oxygen atoms in total. The fraction of sp³-hybridized carbons (Fsp3) is 0.308. The quantitative estimate of drug-likeness (QED) is 0.430. The summed E-state index contributed by atoms with van der Waals surface area (Å²) in [4.78, 5) is 30.0. The van der Waals surface area contributed by atoms with E-state index in [0.717, 1.165) is 13.1 Å². The smallest absolute Gasteiger partial charge is 0.300 e. The van der Waals surface area contributed by atoms with Crippen molar-refractivity contribution in [2.24, 2.45) is 5.92 Å². The van der Waals surface area contributed by atoms with Gasteiger partial charge in [-0.25, -0.2) is 4.39 Å². The maximum absolute atomic E-state index is 13.6. The Morgan fingerprint density at radius 3 is 2.46 bits per heavy atom. The number of anilines is 1. The van der Waals surface area contributed by atoms with Crippen molar-refractivity contribution in [1.29, 1.82) is 0 Å². The molecule has 5 rings (SSSR count). The van der Waals surface area contributed by atoms with Gasteiger partial charge in [0.15, 0.2) is 0 Å². The maximum atomic E-state index is 13.6. The maximum Gasteiger partial charge on any atom is 0.300 e. The summed E-state index contributed by atoms with van der Waals surface area (Å²) >= 11 is 0. The number of hydrogen-bond donors (Lipinski definition) is 0. The van der Waals surface area contributed by atoms with Gasteiger partial charge in [0.2, 0.25) is 11.6 Å². The molecule has 9 heteroatoms. The molecule has 1 saturated heterocycles. The van der Waals surface area contributed by atoms with Gasteiger partial charge in [-0.15, -0.1) is 10.2 Å². The first-order valence-corrected chi connectivity index (χ1v) is 11.8. The van der Waals surface area contributed by atoms with Crippen LogP contribution in [0.15, 0.2) is 71.8 Å². The van der Waals surface area contributed by atoms with Gasteiger partial charge >= 0.3 is 5.56 Å². The number of hydrogen-bond acceptors (Lipinski definition) is 5. The summed E-state index contributed by atoms with van der Waals surface area (Å²) in [5, 5.41) is 8.28. The van der Waals surface area contributed by atoms with Crippen LogP contribution in [0.4, 0.5) is 10.1 Å². The lowest BCUT2D eigenvalue weighted by Crippen LogP contribution is -2.49. The lowest BCUT2D eigenvalue weighted by Gasteiger charge is -2.36. The second-order valence-corrected chi connectivity index (χ2v) is 8.98. The summed E-state index contributed by atoms with van der Waals surface area (Å²) in [5.74, 6) is 0.370. The van der Waals surface area contributed by atoms with Gasteiger partial charge in [-0.1, -0.05) is 31.2 Å². The zero-order chi connectivity index (χ0) is 24.4. The van der Waals surface area contributed by atoms with Crippen molar-refractivity contribution >= 4 is 17.2 Å². The van der Waals surface area contributed by atoms with Gasteiger partial charge in [0.25, 0.3) is 0 Å². The fourth-order valence-corrected chi connectivity index (χ4v) is 4.57. The number of carbonyl (C=O) groups is 1. The first kappa shape index (κ1) is 22.8. The van der Waals surface area contributed by atoms with Crippen LogP contribution in [0.3, 0.4) is 0 Å². The molecule has 2 aromatic heterocycles. The second-order valence-electron chi connectivity index (χ2n) is 8.98. The molecule has 1 fully saturated rings. The molecule has 0 saturated carbocycles. The third-order valence-corrected chi connectivity index (χ3v) is 6.44. The van der Waals surface area contributed by atoms with Crippen LogP contribution in [0.1, 0.15) is 19.2 Å². The number of benzene rings is 2. The van der Waals surface area contributed by atoms with Gasteiger partial charge in [0, 0.05) is 57.1 Å². The van der Waals surface area contributed by atoms with E-state index >= 15 is 0 Å². The van der Waals surface area contributed by atoms with Gasteiger partial charge < -0.3 is 9.80 Å². The summed E-state index contributed by atoms with van der Waals surface area (Å²) in [6.45, 7) is 5.04. The molecule has 0 N–H and O–H groups in total. The van der Waals surface area contributed by atoms with Crippen LogP contribution >= 0.6 is 0 Å². The minimum Gasteiger partial charge on any atom is -0.368 e. The van der Waals surface area contributed by atoms with Crippen molar-refractivity contribution in [3.63, 3.8) is 0 Å². The highest BCUT2D eigenvalue weighted by molar-refractivity contribution is 5.76. The average Bonchev–Trinajstić information content (AvgIpc) is 3.28. The molecule has 0 radical (unpaired) electrons. The van der Waals surface area contributed by atoms with Crippen LogP contribution in [0.2, 0.25) is 0 Å². The summed E-state index contributed by atoms with van der Waals surface area (Å²) in [7, 11) is 0. The molecule has 0 bridgehead atoms. The highest BCUT2D eigenvalue weighted by Gasteiger charge is 2.23. The van der Waals surface area contributed by atoms with Crippen molar-refractivity contribution in [3.05, 3.63) is 89.0 Å². The summed E-state index contributed by atoms with van der Waals surface area (Å²) < 4.78 is 16.6. The molecule has 4 aromatic rings. The molecule has 1 amide bonds. The Balaban J connectivity index is 1.22. The lowest BCUT2D eigenvalue weighted by atomic mass is 10.0. The monoisotopic (exact) mass is 474 g/mol. The average molecular weight is 475 g/mol. The van der Waals surface area contributed by atoms with E-state index < -0.39 is 5.82 Å². The van der Waals surface area contributed by atoms with Crippen LogP contribution in [0, 0.1) is 11.7 Å². The van der Waals surface area contributed by atoms with Gasteiger partial charge in [-0.3, -0.25) is 18.6 Å². The molecule has 35 heavy (non-hydrogen) atoms.